The largest absolute Gasteiger partial charge is 1.00 e. The normalized spacial score (nSPS) is 16.7. The first-order chi connectivity index (χ1) is 24.1. The van der Waals surface area contributed by atoms with Crippen LogP contribution in [0.4, 0.5) is 37.8 Å². The van der Waals surface area contributed by atoms with Crippen LogP contribution >= 0.6 is 0 Å². The molecule has 2 aliphatic rings. The molecular formula is C34H37F6N8NaO3. The van der Waals surface area contributed by atoms with Gasteiger partial charge in [0.1, 0.15) is 17.0 Å². The number of carbonyl (C=O) groups is 1. The van der Waals surface area contributed by atoms with E-state index in [9.17, 15) is 36.2 Å². The Hall–Kier alpha value is -3.51. The van der Waals surface area contributed by atoms with E-state index in [2.05, 4.69) is 24.9 Å². The van der Waals surface area contributed by atoms with E-state index in [1.807, 2.05) is 21.7 Å². The number of halogens is 6. The number of rotatable bonds is 11. The van der Waals surface area contributed by atoms with E-state index in [-0.39, 0.29) is 70.2 Å². The number of carbonyl (C=O) groups excluding carboxylic acids is 1. The van der Waals surface area contributed by atoms with E-state index in [1.165, 1.54) is 12.3 Å². The Morgan fingerprint density at radius 3 is 2.15 bits per heavy atom. The van der Waals surface area contributed by atoms with E-state index in [0.717, 1.165) is 25.7 Å². The molecule has 0 bridgehead atoms. The molecule has 6 rings (SSSR count). The molecule has 1 saturated heterocycles. The van der Waals surface area contributed by atoms with E-state index in [4.69, 9.17) is 4.74 Å². The minimum atomic E-state index is -5.02. The van der Waals surface area contributed by atoms with Crippen molar-refractivity contribution in [3.05, 3.63) is 47.8 Å². The van der Waals surface area contributed by atoms with Gasteiger partial charge < -0.3 is 29.4 Å². The number of nitrogens with one attached hydrogen (secondary N) is 1. The van der Waals surface area contributed by atoms with Crippen molar-refractivity contribution >= 4 is 28.6 Å². The molecule has 2 fully saturated rings. The summed E-state index contributed by atoms with van der Waals surface area (Å²) in [6, 6.07) is 2.90. The number of H-pyrrole nitrogens is 1. The molecular weight excluding hydrogens is 705 g/mol. The molecule has 0 unspecified atom stereocenters. The number of benzene rings is 1. The van der Waals surface area contributed by atoms with Crippen LogP contribution in [0.3, 0.4) is 0 Å². The Kier molecular flexibility index (Phi) is 12.1. The molecule has 0 spiro atoms. The molecule has 1 aliphatic heterocycles. The molecule has 274 valence electrons. The standard InChI is InChI=1S/C34H38F6N8O3.Na/c1-46(19-32(20-51-2)6-3-4-7-32)26-16-24(21-13-22(33(35,36)37)15-23(14-21)34(38,39)40)43-31-29(26)44-30(45-31)25-17-42-27(18-41-25)48-11-9-47(10-12-48)8-5-28(49)50;/h13-18H,3-12,19-20H2,1-2H3,(H,49,50)(H,43,44,45);/q;+1/p-1. The molecule has 1 saturated carbocycles. The third-order valence-electron chi connectivity index (χ3n) is 9.63. The van der Waals surface area contributed by atoms with Gasteiger partial charge in [-0.2, -0.15) is 26.3 Å². The summed E-state index contributed by atoms with van der Waals surface area (Å²) in [5.41, 5.74) is -2.17. The molecule has 4 aromatic rings. The molecule has 52 heavy (non-hydrogen) atoms. The maximum Gasteiger partial charge on any atom is 1.00 e. The number of ether oxygens (including phenoxy) is 1. The number of hydrogen-bond acceptors (Lipinski definition) is 10. The predicted octanol–water partition coefficient (Wildman–Crippen LogP) is 2.03. The molecule has 1 aliphatic carbocycles. The smallest absolute Gasteiger partial charge is 0.550 e. The first-order valence-corrected chi connectivity index (χ1v) is 16.5. The summed E-state index contributed by atoms with van der Waals surface area (Å²) in [5, 5.41) is 10.8. The van der Waals surface area contributed by atoms with Gasteiger partial charge in [-0.05, 0) is 43.5 Å². The summed E-state index contributed by atoms with van der Waals surface area (Å²) in [6.07, 6.45) is -3.15. The minimum Gasteiger partial charge on any atom is -0.550 e. The van der Waals surface area contributed by atoms with Crippen molar-refractivity contribution in [3.8, 4) is 22.8 Å². The third-order valence-corrected chi connectivity index (χ3v) is 9.63. The van der Waals surface area contributed by atoms with Crippen molar-refractivity contribution in [1.82, 2.24) is 29.8 Å². The number of hydrogen-bond donors (Lipinski definition) is 1. The van der Waals surface area contributed by atoms with Gasteiger partial charge in [-0.1, -0.05) is 12.8 Å². The molecule has 3 aromatic heterocycles. The number of aromatic amines is 1. The number of piperazine rings is 1. The van der Waals surface area contributed by atoms with Gasteiger partial charge in [0.15, 0.2) is 11.5 Å². The van der Waals surface area contributed by atoms with E-state index < -0.39 is 29.4 Å². The Bertz CT molecular complexity index is 1820. The molecule has 1 aromatic carbocycles. The van der Waals surface area contributed by atoms with E-state index in [1.54, 1.807) is 13.3 Å². The van der Waals surface area contributed by atoms with E-state index in [0.29, 0.717) is 80.7 Å². The van der Waals surface area contributed by atoms with Gasteiger partial charge in [-0.25, -0.2) is 19.9 Å². The third kappa shape index (κ3) is 8.98. The van der Waals surface area contributed by atoms with Crippen molar-refractivity contribution in [2.24, 2.45) is 5.41 Å². The average molecular weight is 743 g/mol. The van der Waals surface area contributed by atoms with Crippen LogP contribution in [0, 0.1) is 5.41 Å². The fourth-order valence-corrected chi connectivity index (χ4v) is 7.07. The number of anilines is 2. The molecule has 0 atom stereocenters. The average Bonchev–Trinajstić information content (AvgIpc) is 3.74. The van der Waals surface area contributed by atoms with Gasteiger partial charge in [-0.3, -0.25) is 4.90 Å². The zero-order valence-corrected chi connectivity index (χ0v) is 31.1. The number of aromatic nitrogens is 5. The zero-order chi connectivity index (χ0) is 36.6. The van der Waals surface area contributed by atoms with Crippen molar-refractivity contribution in [2.75, 3.05) is 69.8 Å². The fraction of sp³-hybridized carbons (Fsp3) is 0.500. The number of pyridine rings is 1. The number of fused-ring (bicyclic) bond motifs is 1. The maximum atomic E-state index is 13.8. The molecule has 11 nitrogen and oxygen atoms in total. The predicted molar refractivity (Wildman–Crippen MR) is 175 cm³/mol. The van der Waals surface area contributed by atoms with Crippen LogP contribution in [0.25, 0.3) is 33.9 Å². The van der Waals surface area contributed by atoms with Gasteiger partial charge in [0.25, 0.3) is 0 Å². The monoisotopic (exact) mass is 742 g/mol. The Labute approximate surface area is 318 Å². The SMILES string of the molecule is COCC1(CN(C)c2cc(-c3cc(C(F)(F)F)cc(C(F)(F)F)c3)nc3nc(-c4cnc(N5CCN(CCC(=O)[O-])CC5)cn4)[nH]c23)CCCC1.[Na+]. The maximum absolute atomic E-state index is 13.8. The van der Waals surface area contributed by atoms with Crippen LogP contribution < -0.4 is 44.5 Å². The Balaban J connectivity index is 0.00000523. The Morgan fingerprint density at radius 1 is 0.942 bits per heavy atom. The molecule has 0 amide bonds. The van der Waals surface area contributed by atoms with Crippen LogP contribution in [0.15, 0.2) is 36.7 Å². The number of alkyl halides is 6. The summed E-state index contributed by atoms with van der Waals surface area (Å²) in [7, 11) is 3.44. The summed E-state index contributed by atoms with van der Waals surface area (Å²) < 4.78 is 88.4. The zero-order valence-electron chi connectivity index (χ0n) is 29.1. The molecule has 4 heterocycles. The second kappa shape index (κ2) is 15.8. The van der Waals surface area contributed by atoms with Crippen molar-refractivity contribution < 1.29 is 70.5 Å². The topological polar surface area (TPSA) is 126 Å². The number of imidazole rings is 1. The van der Waals surface area contributed by atoms with Crippen molar-refractivity contribution in [1.29, 1.82) is 0 Å². The van der Waals surface area contributed by atoms with Crippen LogP contribution in [0.2, 0.25) is 0 Å². The van der Waals surface area contributed by atoms with Crippen LogP contribution in [-0.4, -0.2) is 95.8 Å². The van der Waals surface area contributed by atoms with Crippen LogP contribution in [0.5, 0.6) is 0 Å². The summed E-state index contributed by atoms with van der Waals surface area (Å²) in [4.78, 5) is 38.2. The quantitative estimate of drug-likeness (QED) is 0.180. The first-order valence-electron chi connectivity index (χ1n) is 16.5. The molecule has 1 N–H and O–H groups in total. The van der Waals surface area contributed by atoms with Gasteiger partial charge in [0.2, 0.25) is 0 Å². The first kappa shape index (κ1) is 39.7. The van der Waals surface area contributed by atoms with E-state index >= 15 is 0 Å². The van der Waals surface area contributed by atoms with Crippen molar-refractivity contribution in [3.63, 3.8) is 0 Å². The number of aliphatic carboxylic acids is 1. The number of carboxylic acid groups (broad SMARTS) is 1. The molecule has 0 radical (unpaired) electrons. The van der Waals surface area contributed by atoms with Gasteiger partial charge >= 0.3 is 41.9 Å². The second-order valence-electron chi connectivity index (χ2n) is 13.3. The van der Waals surface area contributed by atoms with Gasteiger partial charge in [-0.15, -0.1) is 0 Å². The summed E-state index contributed by atoms with van der Waals surface area (Å²) >= 11 is 0. The fourth-order valence-electron chi connectivity index (χ4n) is 7.07. The Morgan fingerprint density at radius 2 is 1.60 bits per heavy atom. The van der Waals surface area contributed by atoms with Gasteiger partial charge in [0, 0.05) is 70.4 Å². The van der Waals surface area contributed by atoms with Gasteiger partial charge in [0.05, 0.1) is 41.5 Å². The number of nitrogens with zero attached hydrogens (tertiary/aromatic N) is 7. The summed E-state index contributed by atoms with van der Waals surface area (Å²) in [6.45, 7) is 3.93. The minimum absolute atomic E-state index is 0. The van der Waals surface area contributed by atoms with Crippen molar-refractivity contribution in [2.45, 2.75) is 44.5 Å². The van der Waals surface area contributed by atoms with Crippen LogP contribution in [0.1, 0.15) is 43.2 Å². The molecule has 18 heteroatoms. The second-order valence-corrected chi connectivity index (χ2v) is 13.3. The summed E-state index contributed by atoms with van der Waals surface area (Å²) in [5.74, 6) is -0.215. The van der Waals surface area contributed by atoms with Crippen LogP contribution in [-0.2, 0) is 21.9 Å². The number of methoxy groups -OCH3 is 1. The number of carboxylic acids is 1.